The van der Waals surface area contributed by atoms with Gasteiger partial charge in [-0.2, -0.15) is 0 Å². The van der Waals surface area contributed by atoms with Gasteiger partial charge in [0.1, 0.15) is 0 Å². The number of hydrogen-bond donors (Lipinski definition) is 0. The molecule has 22 heavy (non-hydrogen) atoms. The normalized spacial score (nSPS) is 20.5. The zero-order valence-electron chi connectivity index (χ0n) is 12.6. The van der Waals surface area contributed by atoms with Crippen LogP contribution in [0.25, 0.3) is 11.5 Å². The molecule has 1 fully saturated rings. The Kier molecular flexibility index (Phi) is 4.68. The van der Waals surface area contributed by atoms with Crippen molar-refractivity contribution in [1.82, 2.24) is 20.0 Å². The van der Waals surface area contributed by atoms with Gasteiger partial charge in [0.25, 0.3) is 0 Å². The van der Waals surface area contributed by atoms with Gasteiger partial charge in [-0.1, -0.05) is 23.2 Å². The summed E-state index contributed by atoms with van der Waals surface area (Å²) in [5.41, 5.74) is 0.705. The number of hydrogen-bond acceptors (Lipinski definition) is 5. The van der Waals surface area contributed by atoms with Crippen molar-refractivity contribution in [2.45, 2.75) is 19.5 Å². The monoisotopic (exact) mass is 340 g/mol. The van der Waals surface area contributed by atoms with Crippen LogP contribution in [-0.2, 0) is 6.54 Å². The Labute approximate surface area is 139 Å². The summed E-state index contributed by atoms with van der Waals surface area (Å²) in [6.45, 7) is 5.96. The largest absolute Gasteiger partial charge is 0.419 e. The van der Waals surface area contributed by atoms with E-state index >= 15 is 0 Å². The molecule has 0 saturated carbocycles. The van der Waals surface area contributed by atoms with Crippen molar-refractivity contribution >= 4 is 23.2 Å². The molecule has 2 heterocycles. The molecule has 1 aliphatic rings. The summed E-state index contributed by atoms with van der Waals surface area (Å²) in [6, 6.07) is 5.69. The standard InChI is InChI=1S/C15H18Cl2N4O/c1-10-8-20(2)5-6-21(10)9-14-18-19-15(22-14)12-4-3-11(16)7-13(12)17/h3-4,7,10H,5-6,8-9H2,1-2H3. The number of halogens is 2. The maximum atomic E-state index is 6.18. The maximum absolute atomic E-state index is 6.18. The van der Waals surface area contributed by atoms with Crippen molar-refractivity contribution in [2.24, 2.45) is 0 Å². The fourth-order valence-electron chi connectivity index (χ4n) is 2.68. The first-order chi connectivity index (χ1) is 10.5. The average Bonchev–Trinajstić information content (AvgIpc) is 2.90. The minimum atomic E-state index is 0.429. The van der Waals surface area contributed by atoms with Gasteiger partial charge in [0.05, 0.1) is 17.1 Å². The molecule has 1 atom stereocenters. The highest BCUT2D eigenvalue weighted by molar-refractivity contribution is 6.36. The smallest absolute Gasteiger partial charge is 0.249 e. The highest BCUT2D eigenvalue weighted by atomic mass is 35.5. The Bertz CT molecular complexity index is 661. The van der Waals surface area contributed by atoms with E-state index in [4.69, 9.17) is 27.6 Å². The second-order valence-corrected chi connectivity index (χ2v) is 6.55. The van der Waals surface area contributed by atoms with Crippen LogP contribution in [0.5, 0.6) is 0 Å². The minimum absolute atomic E-state index is 0.429. The van der Waals surface area contributed by atoms with E-state index in [1.165, 1.54) is 0 Å². The number of benzene rings is 1. The van der Waals surface area contributed by atoms with Crippen LogP contribution in [-0.4, -0.2) is 52.7 Å². The van der Waals surface area contributed by atoms with Crippen LogP contribution in [0.4, 0.5) is 0 Å². The lowest BCUT2D eigenvalue weighted by molar-refractivity contribution is 0.0860. The number of likely N-dealkylation sites (N-methyl/N-ethyl adjacent to an activating group) is 1. The molecule has 1 aromatic carbocycles. The SMILES string of the molecule is CC1CN(C)CCN1Cc1nnc(-c2ccc(Cl)cc2Cl)o1. The molecular weight excluding hydrogens is 323 g/mol. The third kappa shape index (κ3) is 3.43. The topological polar surface area (TPSA) is 45.4 Å². The summed E-state index contributed by atoms with van der Waals surface area (Å²) in [5, 5.41) is 9.33. The third-order valence-corrected chi connectivity index (χ3v) is 4.48. The van der Waals surface area contributed by atoms with E-state index in [2.05, 4.69) is 34.0 Å². The Morgan fingerprint density at radius 2 is 2.09 bits per heavy atom. The van der Waals surface area contributed by atoms with Crippen molar-refractivity contribution in [2.75, 3.05) is 26.7 Å². The molecule has 0 amide bonds. The van der Waals surface area contributed by atoms with Crippen LogP contribution in [0.1, 0.15) is 12.8 Å². The van der Waals surface area contributed by atoms with Gasteiger partial charge in [0.15, 0.2) is 0 Å². The highest BCUT2D eigenvalue weighted by Gasteiger charge is 2.23. The van der Waals surface area contributed by atoms with Crippen molar-refractivity contribution < 1.29 is 4.42 Å². The summed E-state index contributed by atoms with van der Waals surface area (Å²) in [7, 11) is 2.14. The molecule has 0 radical (unpaired) electrons. The summed E-state index contributed by atoms with van der Waals surface area (Å²) in [5.74, 6) is 1.04. The van der Waals surface area contributed by atoms with Gasteiger partial charge < -0.3 is 9.32 Å². The Hall–Kier alpha value is -1.14. The number of piperazine rings is 1. The first-order valence-corrected chi connectivity index (χ1v) is 7.99. The molecule has 1 saturated heterocycles. The van der Waals surface area contributed by atoms with Gasteiger partial charge in [0, 0.05) is 30.7 Å². The van der Waals surface area contributed by atoms with Crippen LogP contribution in [0.3, 0.4) is 0 Å². The Balaban J connectivity index is 1.74. The number of rotatable bonds is 3. The molecule has 1 aromatic heterocycles. The van der Waals surface area contributed by atoms with Crippen LogP contribution < -0.4 is 0 Å². The van der Waals surface area contributed by atoms with Crippen LogP contribution >= 0.6 is 23.2 Å². The first kappa shape index (κ1) is 15.7. The maximum Gasteiger partial charge on any atom is 0.249 e. The van der Waals surface area contributed by atoms with Gasteiger partial charge in [-0.3, -0.25) is 4.90 Å². The van der Waals surface area contributed by atoms with Crippen LogP contribution in [0.15, 0.2) is 22.6 Å². The van der Waals surface area contributed by atoms with E-state index in [1.54, 1.807) is 18.2 Å². The van der Waals surface area contributed by atoms with E-state index < -0.39 is 0 Å². The molecule has 7 heteroatoms. The van der Waals surface area contributed by atoms with E-state index in [9.17, 15) is 0 Å². The van der Waals surface area contributed by atoms with Crippen LogP contribution in [0, 0.1) is 0 Å². The van der Waals surface area contributed by atoms with Gasteiger partial charge in [-0.25, -0.2) is 0 Å². The quantitative estimate of drug-likeness (QED) is 0.858. The zero-order chi connectivity index (χ0) is 15.7. The van der Waals surface area contributed by atoms with Crippen molar-refractivity contribution in [3.05, 3.63) is 34.1 Å². The van der Waals surface area contributed by atoms with Gasteiger partial charge >= 0.3 is 0 Å². The molecule has 1 aliphatic heterocycles. The van der Waals surface area contributed by atoms with Gasteiger partial charge in [-0.15, -0.1) is 10.2 Å². The molecule has 3 rings (SSSR count). The van der Waals surface area contributed by atoms with E-state index in [0.717, 1.165) is 19.6 Å². The van der Waals surface area contributed by atoms with Crippen molar-refractivity contribution in [3.63, 3.8) is 0 Å². The summed E-state index contributed by atoms with van der Waals surface area (Å²) >= 11 is 12.1. The molecule has 0 N–H and O–H groups in total. The first-order valence-electron chi connectivity index (χ1n) is 7.23. The summed E-state index contributed by atoms with van der Waals surface area (Å²) in [6.07, 6.45) is 0. The number of nitrogens with zero attached hydrogens (tertiary/aromatic N) is 4. The van der Waals surface area contributed by atoms with Crippen molar-refractivity contribution in [1.29, 1.82) is 0 Å². The van der Waals surface area contributed by atoms with E-state index in [0.29, 0.717) is 40.0 Å². The lowest BCUT2D eigenvalue weighted by Gasteiger charge is -2.37. The molecule has 0 bridgehead atoms. The molecular formula is C15H18Cl2N4O. The fraction of sp³-hybridized carbons (Fsp3) is 0.467. The molecule has 5 nitrogen and oxygen atoms in total. The van der Waals surface area contributed by atoms with E-state index in [1.807, 2.05) is 0 Å². The van der Waals surface area contributed by atoms with Crippen molar-refractivity contribution in [3.8, 4) is 11.5 Å². The van der Waals surface area contributed by atoms with E-state index in [-0.39, 0.29) is 0 Å². The molecule has 118 valence electrons. The fourth-order valence-corrected chi connectivity index (χ4v) is 3.16. The highest BCUT2D eigenvalue weighted by Crippen LogP contribution is 2.29. The second-order valence-electron chi connectivity index (χ2n) is 5.71. The van der Waals surface area contributed by atoms with Crippen LogP contribution in [0.2, 0.25) is 10.0 Å². The third-order valence-electron chi connectivity index (χ3n) is 3.93. The second kappa shape index (κ2) is 6.54. The lowest BCUT2D eigenvalue weighted by Crippen LogP contribution is -2.49. The lowest BCUT2D eigenvalue weighted by atomic mass is 10.2. The summed E-state index contributed by atoms with van der Waals surface area (Å²) < 4.78 is 5.76. The predicted octanol–water partition coefficient (Wildman–Crippen LogP) is 3.18. The van der Waals surface area contributed by atoms with Gasteiger partial charge in [0.2, 0.25) is 11.8 Å². The molecule has 1 unspecified atom stereocenters. The molecule has 0 spiro atoms. The average molecular weight is 341 g/mol. The zero-order valence-corrected chi connectivity index (χ0v) is 14.1. The Morgan fingerprint density at radius 3 is 2.82 bits per heavy atom. The van der Waals surface area contributed by atoms with Gasteiger partial charge in [-0.05, 0) is 32.2 Å². The summed E-state index contributed by atoms with van der Waals surface area (Å²) in [4.78, 5) is 4.68. The Morgan fingerprint density at radius 1 is 1.27 bits per heavy atom. The predicted molar refractivity (Wildman–Crippen MR) is 87.1 cm³/mol. The molecule has 2 aromatic rings. The number of aromatic nitrogens is 2. The molecule has 0 aliphatic carbocycles. The minimum Gasteiger partial charge on any atom is -0.419 e.